The maximum atomic E-state index is 5.54. The van der Waals surface area contributed by atoms with Crippen LogP contribution in [0.2, 0.25) is 0 Å². The van der Waals surface area contributed by atoms with Crippen LogP contribution in [0.3, 0.4) is 0 Å². The lowest BCUT2D eigenvalue weighted by atomic mass is 10.2. The summed E-state index contributed by atoms with van der Waals surface area (Å²) in [5.41, 5.74) is 7.55. The van der Waals surface area contributed by atoms with Crippen molar-refractivity contribution in [3.63, 3.8) is 0 Å². The van der Waals surface area contributed by atoms with Gasteiger partial charge in [0.15, 0.2) is 0 Å². The van der Waals surface area contributed by atoms with Crippen LogP contribution in [-0.2, 0) is 0 Å². The van der Waals surface area contributed by atoms with Crippen molar-refractivity contribution in [2.45, 2.75) is 6.92 Å². The van der Waals surface area contributed by atoms with Gasteiger partial charge in [0, 0.05) is 10.2 Å². The van der Waals surface area contributed by atoms with Crippen LogP contribution in [0.5, 0.6) is 0 Å². The summed E-state index contributed by atoms with van der Waals surface area (Å²) < 4.78 is 0.975. The number of halogens is 2. The van der Waals surface area contributed by atoms with Gasteiger partial charge in [0.25, 0.3) is 0 Å². The second-order valence-corrected chi connectivity index (χ2v) is 2.88. The van der Waals surface area contributed by atoms with Gasteiger partial charge in [-0.2, -0.15) is 0 Å². The fraction of sp³-hybridized carbons (Fsp3) is 0.143. The number of anilines is 1. The summed E-state index contributed by atoms with van der Waals surface area (Å²) in [4.78, 5) is 0. The topological polar surface area (TPSA) is 26.0 Å². The molecule has 0 aliphatic carbocycles. The number of nitrogen functional groups attached to an aromatic ring is 1. The van der Waals surface area contributed by atoms with Crippen LogP contribution in [0.15, 0.2) is 22.7 Å². The van der Waals surface area contributed by atoms with Crippen LogP contribution in [0.25, 0.3) is 0 Å². The Balaban J connectivity index is 0.000000810. The molecule has 0 saturated carbocycles. The average Bonchev–Trinajstić information content (AvgIpc) is 1.80. The molecule has 0 bridgehead atoms. The summed E-state index contributed by atoms with van der Waals surface area (Å²) in [6.45, 7) is 2.03. The van der Waals surface area contributed by atoms with Gasteiger partial charge in [-0.1, -0.05) is 6.07 Å². The molecule has 0 unspecified atom stereocenters. The molecular weight excluding hydrogens is 258 g/mol. The van der Waals surface area contributed by atoms with Gasteiger partial charge in [-0.25, -0.2) is 0 Å². The maximum absolute atomic E-state index is 5.54. The van der Waals surface area contributed by atoms with Crippen molar-refractivity contribution in [2.75, 3.05) is 5.73 Å². The summed E-state index contributed by atoms with van der Waals surface area (Å²) in [7, 11) is 0. The van der Waals surface area contributed by atoms with Crippen LogP contribution in [-0.4, -0.2) is 0 Å². The quantitative estimate of drug-likeness (QED) is 0.718. The van der Waals surface area contributed by atoms with E-state index in [0.717, 1.165) is 10.2 Å². The molecule has 56 valence electrons. The minimum absolute atomic E-state index is 0. The van der Waals surface area contributed by atoms with Crippen LogP contribution >= 0.6 is 32.9 Å². The van der Waals surface area contributed by atoms with Gasteiger partial charge in [-0.15, -0.1) is 17.0 Å². The molecule has 3 heteroatoms. The van der Waals surface area contributed by atoms with Crippen LogP contribution in [0.1, 0.15) is 5.56 Å². The van der Waals surface area contributed by atoms with Crippen molar-refractivity contribution in [3.05, 3.63) is 28.2 Å². The van der Waals surface area contributed by atoms with Crippen LogP contribution in [0.4, 0.5) is 5.69 Å². The Morgan fingerprint density at radius 2 is 2.00 bits per heavy atom. The van der Waals surface area contributed by atoms with Gasteiger partial charge in [0.1, 0.15) is 0 Å². The van der Waals surface area contributed by atoms with Gasteiger partial charge in [-0.3, -0.25) is 0 Å². The molecule has 0 atom stereocenters. The van der Waals surface area contributed by atoms with Crippen molar-refractivity contribution in [1.29, 1.82) is 0 Å². The van der Waals surface area contributed by atoms with E-state index >= 15 is 0 Å². The molecule has 0 fully saturated rings. The van der Waals surface area contributed by atoms with Crippen LogP contribution in [0, 0.1) is 6.92 Å². The molecule has 10 heavy (non-hydrogen) atoms. The summed E-state index contributed by atoms with van der Waals surface area (Å²) in [6, 6.07) is 5.87. The molecule has 0 aliphatic rings. The smallest absolute Gasteiger partial charge is 0.0458 e. The minimum atomic E-state index is 0. The second-order valence-electron chi connectivity index (χ2n) is 2.02. The standard InChI is InChI=1S/C7H8BrN.BrH/c1-5-2-3-7(9)6(8)4-5;/h2-4H,9H2,1H3;1H. The fourth-order valence-corrected chi connectivity index (χ4v) is 1.13. The molecule has 0 aromatic heterocycles. The number of rotatable bonds is 0. The van der Waals surface area contributed by atoms with Crippen molar-refractivity contribution >= 4 is 38.6 Å². The largest absolute Gasteiger partial charge is 0.398 e. The fourth-order valence-electron chi connectivity index (χ4n) is 0.632. The monoisotopic (exact) mass is 265 g/mol. The Morgan fingerprint density at radius 1 is 1.40 bits per heavy atom. The molecule has 0 spiro atoms. The zero-order valence-electron chi connectivity index (χ0n) is 5.60. The van der Waals surface area contributed by atoms with Crippen molar-refractivity contribution < 1.29 is 0 Å². The number of benzene rings is 1. The maximum Gasteiger partial charge on any atom is 0.0458 e. The summed E-state index contributed by atoms with van der Waals surface area (Å²) in [6.07, 6.45) is 0. The lowest BCUT2D eigenvalue weighted by Gasteiger charge is -1.96. The normalized spacial score (nSPS) is 8.60. The van der Waals surface area contributed by atoms with E-state index in [0.29, 0.717) is 0 Å². The SMILES string of the molecule is Br.Cc1ccc(N)c(Br)c1. The Hall–Kier alpha value is -0.0200. The van der Waals surface area contributed by atoms with Crippen LogP contribution < -0.4 is 5.73 Å². The zero-order valence-corrected chi connectivity index (χ0v) is 8.89. The average molecular weight is 267 g/mol. The molecule has 1 aromatic rings. The van der Waals surface area contributed by atoms with E-state index in [1.807, 2.05) is 25.1 Å². The predicted molar refractivity (Wildman–Crippen MR) is 53.6 cm³/mol. The molecule has 0 aliphatic heterocycles. The Bertz CT molecular complexity index is 223. The minimum Gasteiger partial charge on any atom is -0.398 e. The van der Waals surface area contributed by atoms with E-state index < -0.39 is 0 Å². The lowest BCUT2D eigenvalue weighted by molar-refractivity contribution is 1.45. The number of aryl methyl sites for hydroxylation is 1. The van der Waals surface area contributed by atoms with E-state index in [-0.39, 0.29) is 17.0 Å². The van der Waals surface area contributed by atoms with E-state index in [4.69, 9.17) is 5.73 Å². The highest BCUT2D eigenvalue weighted by Crippen LogP contribution is 2.19. The highest BCUT2D eigenvalue weighted by atomic mass is 79.9. The van der Waals surface area contributed by atoms with Gasteiger partial charge < -0.3 is 5.73 Å². The third-order valence-electron chi connectivity index (χ3n) is 1.16. The first-order valence-electron chi connectivity index (χ1n) is 2.72. The third kappa shape index (κ3) is 2.31. The highest BCUT2D eigenvalue weighted by molar-refractivity contribution is 9.10. The van der Waals surface area contributed by atoms with Gasteiger partial charge in [-0.05, 0) is 40.5 Å². The first-order chi connectivity index (χ1) is 4.20. The molecule has 0 heterocycles. The summed E-state index contributed by atoms with van der Waals surface area (Å²) >= 11 is 3.32. The molecular formula is C7H9Br2N. The Morgan fingerprint density at radius 3 is 2.40 bits per heavy atom. The highest BCUT2D eigenvalue weighted by Gasteiger charge is 1.91. The Kier molecular flexibility index (Phi) is 3.98. The number of hydrogen-bond donors (Lipinski definition) is 1. The second kappa shape index (κ2) is 3.98. The summed E-state index contributed by atoms with van der Waals surface area (Å²) in [5, 5.41) is 0. The van der Waals surface area contributed by atoms with E-state index in [1.54, 1.807) is 0 Å². The van der Waals surface area contributed by atoms with E-state index in [1.165, 1.54) is 5.56 Å². The molecule has 0 radical (unpaired) electrons. The van der Waals surface area contributed by atoms with Gasteiger partial charge >= 0.3 is 0 Å². The molecule has 2 N–H and O–H groups in total. The van der Waals surface area contributed by atoms with Gasteiger partial charge in [0.05, 0.1) is 0 Å². The molecule has 0 saturated heterocycles. The van der Waals surface area contributed by atoms with Crippen molar-refractivity contribution in [1.82, 2.24) is 0 Å². The van der Waals surface area contributed by atoms with Gasteiger partial charge in [0.2, 0.25) is 0 Å². The van der Waals surface area contributed by atoms with Crippen molar-refractivity contribution in [2.24, 2.45) is 0 Å². The lowest BCUT2D eigenvalue weighted by Crippen LogP contribution is -1.85. The third-order valence-corrected chi connectivity index (χ3v) is 1.84. The number of hydrogen-bond acceptors (Lipinski definition) is 1. The number of nitrogens with two attached hydrogens (primary N) is 1. The first kappa shape index (κ1) is 9.98. The van der Waals surface area contributed by atoms with E-state index in [9.17, 15) is 0 Å². The van der Waals surface area contributed by atoms with E-state index in [2.05, 4.69) is 15.9 Å². The molecule has 0 amide bonds. The molecule has 1 aromatic carbocycles. The Labute approximate surface area is 79.5 Å². The summed E-state index contributed by atoms with van der Waals surface area (Å²) in [5.74, 6) is 0. The molecule has 1 nitrogen and oxygen atoms in total. The van der Waals surface area contributed by atoms with Crippen molar-refractivity contribution in [3.8, 4) is 0 Å². The first-order valence-corrected chi connectivity index (χ1v) is 3.51. The molecule has 1 rings (SSSR count). The predicted octanol–water partition coefficient (Wildman–Crippen LogP) is 2.92. The zero-order chi connectivity index (χ0) is 6.85.